The van der Waals surface area contributed by atoms with Crippen LogP contribution in [0.2, 0.25) is 0 Å². The minimum atomic E-state index is -0.828. The number of hydrogen-bond donors (Lipinski definition) is 1. The Labute approximate surface area is 135 Å². The number of unbranched alkanes of at least 4 members (excludes halogenated alkanes) is 2. The smallest absolute Gasteiger partial charge is 0.337 e. The fraction of sp³-hybridized carbons (Fsp3) is 0.412. The topological polar surface area (TPSA) is 77.0 Å². The van der Waals surface area contributed by atoms with E-state index in [9.17, 15) is 4.79 Å². The maximum absolute atomic E-state index is 12.7. The molecule has 1 aromatic heterocycles. The number of rotatable bonds is 6. The predicted octanol–water partition coefficient (Wildman–Crippen LogP) is 2.76. The van der Waals surface area contributed by atoms with Crippen LogP contribution in [0.4, 0.5) is 5.95 Å². The first-order chi connectivity index (χ1) is 11.2. The monoisotopic (exact) mass is 312 g/mol. The number of hydrogen-bond acceptors (Lipinski definition) is 6. The van der Waals surface area contributed by atoms with Gasteiger partial charge in [0.15, 0.2) is 0 Å². The van der Waals surface area contributed by atoms with Crippen LogP contribution in [0.1, 0.15) is 38.2 Å². The second-order valence-electron chi connectivity index (χ2n) is 5.80. The van der Waals surface area contributed by atoms with E-state index in [1.54, 1.807) is 0 Å². The number of esters is 1. The van der Waals surface area contributed by atoms with Gasteiger partial charge in [0.25, 0.3) is 0 Å². The summed E-state index contributed by atoms with van der Waals surface area (Å²) in [5, 5.41) is 3.21. The number of fused-ring (bicyclic) bond motifs is 1. The lowest BCUT2D eigenvalue weighted by molar-refractivity contribution is -0.141. The van der Waals surface area contributed by atoms with Gasteiger partial charge in [0, 0.05) is 6.42 Å². The third-order valence-electron chi connectivity index (χ3n) is 4.11. The standard InChI is InChI=1S/C17H20N4O2/c1-2-3-6-9-17(21-16-19-11-18-12-20-16)10-13-7-4-5-8-14(13)23-15(17)22/h4-5,7-8,11-12H,2-3,6,9-10H2,1H3,(H,18,19,20,21). The maximum atomic E-state index is 12.7. The highest BCUT2D eigenvalue weighted by molar-refractivity contribution is 5.88. The molecule has 0 aliphatic carbocycles. The Morgan fingerprint density at radius 1 is 1.22 bits per heavy atom. The van der Waals surface area contributed by atoms with Gasteiger partial charge in [-0.2, -0.15) is 0 Å². The quantitative estimate of drug-likeness (QED) is 0.502. The Bertz CT molecular complexity index is 677. The van der Waals surface area contributed by atoms with E-state index in [2.05, 4.69) is 27.2 Å². The van der Waals surface area contributed by atoms with Gasteiger partial charge in [-0.05, 0) is 18.1 Å². The zero-order valence-corrected chi connectivity index (χ0v) is 13.2. The van der Waals surface area contributed by atoms with Crippen molar-refractivity contribution in [3.8, 4) is 5.75 Å². The molecule has 1 aromatic carbocycles. The van der Waals surface area contributed by atoms with E-state index >= 15 is 0 Å². The Balaban J connectivity index is 1.90. The molecule has 0 amide bonds. The third kappa shape index (κ3) is 3.31. The average Bonchev–Trinajstić information content (AvgIpc) is 2.57. The first-order valence-corrected chi connectivity index (χ1v) is 7.94. The second-order valence-corrected chi connectivity index (χ2v) is 5.80. The average molecular weight is 312 g/mol. The van der Waals surface area contributed by atoms with Crippen molar-refractivity contribution >= 4 is 11.9 Å². The molecular weight excluding hydrogens is 292 g/mol. The Kier molecular flexibility index (Phi) is 4.50. The highest BCUT2D eigenvalue weighted by Gasteiger charge is 2.44. The molecule has 1 N–H and O–H groups in total. The van der Waals surface area contributed by atoms with Crippen molar-refractivity contribution in [2.45, 2.75) is 44.6 Å². The number of carbonyl (C=O) groups excluding carboxylic acids is 1. The first-order valence-electron chi connectivity index (χ1n) is 7.94. The number of benzene rings is 1. The molecule has 0 bridgehead atoms. The Morgan fingerprint density at radius 2 is 2.00 bits per heavy atom. The second kappa shape index (κ2) is 6.73. The summed E-state index contributed by atoms with van der Waals surface area (Å²) in [5.74, 6) is 0.765. The number of carbonyl (C=O) groups is 1. The van der Waals surface area contributed by atoms with Crippen molar-refractivity contribution in [1.29, 1.82) is 0 Å². The maximum Gasteiger partial charge on any atom is 0.337 e. The minimum absolute atomic E-state index is 0.271. The van der Waals surface area contributed by atoms with Gasteiger partial charge in [0.2, 0.25) is 5.95 Å². The van der Waals surface area contributed by atoms with E-state index in [4.69, 9.17) is 4.74 Å². The summed E-state index contributed by atoms with van der Waals surface area (Å²) in [6.07, 6.45) is 7.17. The van der Waals surface area contributed by atoms with Gasteiger partial charge in [0.05, 0.1) is 0 Å². The Morgan fingerprint density at radius 3 is 2.78 bits per heavy atom. The molecule has 1 aliphatic rings. The summed E-state index contributed by atoms with van der Waals surface area (Å²) >= 11 is 0. The molecule has 2 aromatic rings. The summed E-state index contributed by atoms with van der Waals surface area (Å²) in [6, 6.07) is 7.64. The van der Waals surface area contributed by atoms with E-state index < -0.39 is 5.54 Å². The molecule has 1 atom stereocenters. The molecule has 0 saturated carbocycles. The highest BCUT2D eigenvalue weighted by Crippen LogP contribution is 2.34. The van der Waals surface area contributed by atoms with Crippen molar-refractivity contribution in [3.05, 3.63) is 42.5 Å². The first kappa shape index (κ1) is 15.4. The Hall–Kier alpha value is -2.50. The van der Waals surface area contributed by atoms with Crippen molar-refractivity contribution in [2.24, 2.45) is 0 Å². The summed E-state index contributed by atoms with van der Waals surface area (Å²) in [7, 11) is 0. The lowest BCUT2D eigenvalue weighted by Gasteiger charge is -2.36. The molecular formula is C17H20N4O2. The zero-order valence-electron chi connectivity index (χ0n) is 13.2. The molecule has 23 heavy (non-hydrogen) atoms. The van der Waals surface area contributed by atoms with E-state index in [0.29, 0.717) is 24.5 Å². The van der Waals surface area contributed by atoms with Crippen LogP contribution < -0.4 is 10.1 Å². The van der Waals surface area contributed by atoms with Crippen LogP contribution in [0.15, 0.2) is 36.9 Å². The van der Waals surface area contributed by atoms with Crippen molar-refractivity contribution < 1.29 is 9.53 Å². The van der Waals surface area contributed by atoms with E-state index in [-0.39, 0.29) is 5.97 Å². The fourth-order valence-electron chi connectivity index (χ4n) is 2.89. The third-order valence-corrected chi connectivity index (χ3v) is 4.11. The largest absolute Gasteiger partial charge is 0.424 e. The fourth-order valence-corrected chi connectivity index (χ4v) is 2.89. The molecule has 0 spiro atoms. The van der Waals surface area contributed by atoms with Crippen molar-refractivity contribution in [2.75, 3.05) is 5.32 Å². The van der Waals surface area contributed by atoms with Crippen LogP contribution in [0.25, 0.3) is 0 Å². The number of nitrogens with zero attached hydrogens (tertiary/aromatic N) is 3. The molecule has 6 nitrogen and oxygen atoms in total. The van der Waals surface area contributed by atoms with Crippen LogP contribution in [0.5, 0.6) is 5.75 Å². The van der Waals surface area contributed by atoms with E-state index in [1.807, 2.05) is 24.3 Å². The zero-order chi connectivity index (χ0) is 16.1. The molecule has 3 rings (SSSR count). The molecule has 0 fully saturated rings. The van der Waals surface area contributed by atoms with Gasteiger partial charge in [-0.15, -0.1) is 0 Å². The van der Waals surface area contributed by atoms with Crippen LogP contribution in [0, 0.1) is 0 Å². The molecule has 120 valence electrons. The summed E-state index contributed by atoms with van der Waals surface area (Å²) in [4.78, 5) is 24.7. The molecule has 1 unspecified atom stereocenters. The number of para-hydroxylation sites is 1. The van der Waals surface area contributed by atoms with Crippen LogP contribution >= 0.6 is 0 Å². The number of nitrogens with one attached hydrogen (secondary N) is 1. The minimum Gasteiger partial charge on any atom is -0.424 e. The van der Waals surface area contributed by atoms with Gasteiger partial charge in [-0.25, -0.2) is 19.7 Å². The van der Waals surface area contributed by atoms with E-state index in [1.165, 1.54) is 12.7 Å². The molecule has 2 heterocycles. The predicted molar refractivity (Wildman–Crippen MR) is 86.1 cm³/mol. The normalized spacial score (nSPS) is 19.8. The van der Waals surface area contributed by atoms with Gasteiger partial charge in [0.1, 0.15) is 23.9 Å². The number of aromatic nitrogens is 3. The number of ether oxygens (including phenoxy) is 1. The van der Waals surface area contributed by atoms with Crippen LogP contribution in [-0.2, 0) is 11.2 Å². The van der Waals surface area contributed by atoms with E-state index in [0.717, 1.165) is 24.8 Å². The number of anilines is 1. The van der Waals surface area contributed by atoms with Gasteiger partial charge >= 0.3 is 5.97 Å². The summed E-state index contributed by atoms with van der Waals surface area (Å²) in [6.45, 7) is 2.14. The summed E-state index contributed by atoms with van der Waals surface area (Å²) in [5.41, 5.74) is 0.190. The molecule has 0 radical (unpaired) electrons. The molecule has 1 aliphatic heterocycles. The van der Waals surface area contributed by atoms with Gasteiger partial charge in [-0.1, -0.05) is 44.4 Å². The van der Waals surface area contributed by atoms with Gasteiger partial charge < -0.3 is 10.1 Å². The van der Waals surface area contributed by atoms with Crippen LogP contribution in [0.3, 0.4) is 0 Å². The lowest BCUT2D eigenvalue weighted by atomic mass is 9.83. The lowest BCUT2D eigenvalue weighted by Crippen LogP contribution is -2.53. The van der Waals surface area contributed by atoms with Crippen molar-refractivity contribution in [3.63, 3.8) is 0 Å². The molecule has 6 heteroatoms. The highest BCUT2D eigenvalue weighted by atomic mass is 16.5. The van der Waals surface area contributed by atoms with Gasteiger partial charge in [-0.3, -0.25) is 0 Å². The van der Waals surface area contributed by atoms with Crippen molar-refractivity contribution in [1.82, 2.24) is 15.0 Å². The van der Waals surface area contributed by atoms with Crippen LogP contribution in [-0.4, -0.2) is 26.5 Å². The summed E-state index contributed by atoms with van der Waals surface area (Å²) < 4.78 is 5.58. The SMILES string of the molecule is CCCCCC1(Nc2ncncn2)Cc2ccccc2OC1=O. The molecule has 0 saturated heterocycles.